The summed E-state index contributed by atoms with van der Waals surface area (Å²) in [5.74, 6) is -1.07. The summed E-state index contributed by atoms with van der Waals surface area (Å²) in [6.45, 7) is 6.20. The third-order valence-corrected chi connectivity index (χ3v) is 8.05. The summed E-state index contributed by atoms with van der Waals surface area (Å²) in [6.07, 6.45) is 52.8. The largest absolute Gasteiger partial charge is 0.462 e. The average Bonchev–Trinajstić information content (AvgIpc) is 3.15. The fraction of sp³-hybridized carbons (Fsp3) is 0.596. The minimum atomic E-state index is -0.826. The summed E-state index contributed by atoms with van der Waals surface area (Å²) in [7, 11) is 0. The Morgan fingerprint density at radius 2 is 0.736 bits per heavy atom. The predicted molar refractivity (Wildman–Crippen MR) is 224 cm³/mol. The van der Waals surface area contributed by atoms with Crippen LogP contribution in [0, 0.1) is 0 Å². The van der Waals surface area contributed by atoms with E-state index in [2.05, 4.69) is 118 Å². The summed E-state index contributed by atoms with van der Waals surface area (Å²) >= 11 is 0. The number of allylic oxidation sites excluding steroid dienone is 16. The van der Waals surface area contributed by atoms with E-state index in [1.54, 1.807) is 0 Å². The highest BCUT2D eigenvalue weighted by atomic mass is 16.6. The van der Waals surface area contributed by atoms with Gasteiger partial charge in [-0.25, -0.2) is 0 Å². The van der Waals surface area contributed by atoms with E-state index in [0.29, 0.717) is 19.3 Å². The fourth-order valence-corrected chi connectivity index (χ4v) is 4.98. The van der Waals surface area contributed by atoms with Crippen molar-refractivity contribution < 1.29 is 28.6 Å². The van der Waals surface area contributed by atoms with E-state index in [9.17, 15) is 14.4 Å². The number of unbranched alkanes of at least 4 members (excludes halogenated alkanes) is 8. The molecule has 0 aromatic carbocycles. The molecule has 0 aliphatic carbocycles. The van der Waals surface area contributed by atoms with Gasteiger partial charge in [0, 0.05) is 19.3 Å². The van der Waals surface area contributed by atoms with Crippen molar-refractivity contribution in [3.05, 3.63) is 97.2 Å². The highest BCUT2D eigenvalue weighted by molar-refractivity contribution is 5.71. The Kier molecular flexibility index (Phi) is 38.2. The molecule has 0 N–H and O–H groups in total. The van der Waals surface area contributed by atoms with Crippen LogP contribution in [0.5, 0.6) is 0 Å². The first-order valence-electron chi connectivity index (χ1n) is 20.7. The van der Waals surface area contributed by atoms with E-state index in [0.717, 1.165) is 83.5 Å². The van der Waals surface area contributed by atoms with E-state index in [1.165, 1.54) is 25.7 Å². The van der Waals surface area contributed by atoms with Gasteiger partial charge >= 0.3 is 17.9 Å². The maximum Gasteiger partial charge on any atom is 0.306 e. The van der Waals surface area contributed by atoms with Crippen molar-refractivity contribution in [3.8, 4) is 0 Å². The van der Waals surface area contributed by atoms with E-state index < -0.39 is 6.10 Å². The summed E-state index contributed by atoms with van der Waals surface area (Å²) in [5.41, 5.74) is 0. The molecule has 0 spiro atoms. The van der Waals surface area contributed by atoms with Crippen LogP contribution in [0.3, 0.4) is 0 Å². The van der Waals surface area contributed by atoms with Crippen molar-refractivity contribution in [2.45, 2.75) is 168 Å². The molecular formula is C47H74O6. The van der Waals surface area contributed by atoms with Crippen molar-refractivity contribution in [1.29, 1.82) is 0 Å². The molecule has 0 bridgehead atoms. The van der Waals surface area contributed by atoms with Gasteiger partial charge in [0.25, 0.3) is 0 Å². The summed E-state index contributed by atoms with van der Waals surface area (Å²) in [4.78, 5) is 37.4. The first-order chi connectivity index (χ1) is 26.0. The van der Waals surface area contributed by atoms with Gasteiger partial charge < -0.3 is 14.2 Å². The van der Waals surface area contributed by atoms with Gasteiger partial charge in [0.1, 0.15) is 13.2 Å². The Morgan fingerprint density at radius 3 is 1.15 bits per heavy atom. The zero-order valence-corrected chi connectivity index (χ0v) is 33.7. The maximum atomic E-state index is 12.6. The quantitative estimate of drug-likeness (QED) is 0.0279. The Bertz CT molecular complexity index is 1120. The highest BCUT2D eigenvalue weighted by Crippen LogP contribution is 2.09. The van der Waals surface area contributed by atoms with Crippen LogP contribution in [0.4, 0.5) is 0 Å². The molecule has 1 unspecified atom stereocenters. The van der Waals surface area contributed by atoms with Gasteiger partial charge in [0.2, 0.25) is 0 Å². The van der Waals surface area contributed by atoms with Crippen LogP contribution in [0.15, 0.2) is 97.2 Å². The summed E-state index contributed by atoms with van der Waals surface area (Å²) in [6, 6.07) is 0. The topological polar surface area (TPSA) is 78.9 Å². The van der Waals surface area contributed by atoms with E-state index in [-0.39, 0.29) is 44.0 Å². The molecule has 0 saturated carbocycles. The lowest BCUT2D eigenvalue weighted by molar-refractivity contribution is -0.167. The number of carbonyl (C=O) groups excluding carboxylic acids is 3. The van der Waals surface area contributed by atoms with Gasteiger partial charge in [-0.3, -0.25) is 14.4 Å². The van der Waals surface area contributed by atoms with Crippen molar-refractivity contribution in [2.24, 2.45) is 0 Å². The fourth-order valence-electron chi connectivity index (χ4n) is 4.98. The molecule has 0 amide bonds. The third kappa shape index (κ3) is 39.4. The number of carbonyl (C=O) groups is 3. The minimum Gasteiger partial charge on any atom is -0.462 e. The first-order valence-corrected chi connectivity index (χ1v) is 20.7. The van der Waals surface area contributed by atoms with E-state index >= 15 is 0 Å². The normalized spacial score (nSPS) is 13.0. The average molecular weight is 735 g/mol. The van der Waals surface area contributed by atoms with Crippen molar-refractivity contribution in [2.75, 3.05) is 13.2 Å². The van der Waals surface area contributed by atoms with Gasteiger partial charge in [-0.05, 0) is 109 Å². The molecule has 0 fully saturated rings. The van der Waals surface area contributed by atoms with Crippen LogP contribution < -0.4 is 0 Å². The lowest BCUT2D eigenvalue weighted by Gasteiger charge is -2.18. The molecule has 0 rings (SSSR count). The van der Waals surface area contributed by atoms with Crippen LogP contribution >= 0.6 is 0 Å². The van der Waals surface area contributed by atoms with E-state index in [1.807, 2.05) is 0 Å². The molecule has 6 nitrogen and oxygen atoms in total. The lowest BCUT2D eigenvalue weighted by Crippen LogP contribution is -2.30. The molecule has 0 radical (unpaired) electrons. The molecule has 298 valence electrons. The van der Waals surface area contributed by atoms with Gasteiger partial charge in [0.15, 0.2) is 6.10 Å². The molecule has 0 aromatic heterocycles. The van der Waals surface area contributed by atoms with Crippen molar-refractivity contribution in [3.63, 3.8) is 0 Å². The number of hydrogen-bond acceptors (Lipinski definition) is 6. The van der Waals surface area contributed by atoms with Crippen LogP contribution in [-0.4, -0.2) is 37.2 Å². The van der Waals surface area contributed by atoms with Gasteiger partial charge in [-0.1, -0.05) is 131 Å². The van der Waals surface area contributed by atoms with Crippen LogP contribution in [-0.2, 0) is 28.6 Å². The number of hydrogen-bond donors (Lipinski definition) is 0. The standard InChI is InChI=1S/C47H74O6/c1-4-7-10-13-16-19-20-21-22-23-24-25-26-29-31-34-37-40-46(49)52-43-44(53-47(50)41-38-35-32-28-18-15-12-9-6-3)42-51-45(48)39-36-33-30-27-17-14-11-8-5-2/h8-9,11-12,16-19,21-22,24-25,27-29,31,44H,4-7,10,13-15,20,23,26,30,32-43H2,1-3H3/b11-8-,12-9-,19-16-,22-21-,25-24-,27-17-,28-18-,31-29-. The number of ether oxygens (including phenoxy) is 3. The predicted octanol–water partition coefficient (Wildman–Crippen LogP) is 13.1. The van der Waals surface area contributed by atoms with Gasteiger partial charge in [0.05, 0.1) is 0 Å². The SMILES string of the molecule is CC/C=C\C/C=C\CCCCC(=O)OCC(COC(=O)CCC/C=C\C/C=C\C/C=C\C/C=C\CCCCC)OC(=O)CCCC/C=C\C/C=C\CC. The molecule has 53 heavy (non-hydrogen) atoms. The molecule has 0 aliphatic rings. The van der Waals surface area contributed by atoms with Crippen molar-refractivity contribution >= 4 is 17.9 Å². The first kappa shape index (κ1) is 49.3. The molecule has 6 heteroatoms. The Labute approximate surface area is 324 Å². The Balaban J connectivity index is 4.50. The Hall–Kier alpha value is -3.67. The van der Waals surface area contributed by atoms with Crippen LogP contribution in [0.2, 0.25) is 0 Å². The smallest absolute Gasteiger partial charge is 0.306 e. The number of rotatable bonds is 35. The number of esters is 3. The summed E-state index contributed by atoms with van der Waals surface area (Å²) in [5, 5.41) is 0. The molecular weight excluding hydrogens is 661 g/mol. The molecule has 0 heterocycles. The monoisotopic (exact) mass is 735 g/mol. The second-order valence-electron chi connectivity index (χ2n) is 13.1. The highest BCUT2D eigenvalue weighted by Gasteiger charge is 2.19. The minimum absolute atomic E-state index is 0.127. The zero-order chi connectivity index (χ0) is 38.7. The van der Waals surface area contributed by atoms with Gasteiger partial charge in [-0.15, -0.1) is 0 Å². The zero-order valence-electron chi connectivity index (χ0n) is 33.7. The van der Waals surface area contributed by atoms with Crippen LogP contribution in [0.25, 0.3) is 0 Å². The Morgan fingerprint density at radius 1 is 0.396 bits per heavy atom. The van der Waals surface area contributed by atoms with Crippen molar-refractivity contribution in [1.82, 2.24) is 0 Å². The molecule has 0 aliphatic heterocycles. The lowest BCUT2D eigenvalue weighted by atomic mass is 10.2. The second kappa shape index (κ2) is 41.1. The molecule has 1 atom stereocenters. The maximum absolute atomic E-state index is 12.6. The summed E-state index contributed by atoms with van der Waals surface area (Å²) < 4.78 is 16.5. The third-order valence-electron chi connectivity index (χ3n) is 8.05. The van der Waals surface area contributed by atoms with Gasteiger partial charge in [-0.2, -0.15) is 0 Å². The van der Waals surface area contributed by atoms with Crippen LogP contribution in [0.1, 0.15) is 162 Å². The van der Waals surface area contributed by atoms with E-state index in [4.69, 9.17) is 14.2 Å². The second-order valence-corrected chi connectivity index (χ2v) is 13.1. The molecule has 0 aromatic rings. The molecule has 0 saturated heterocycles.